The average Bonchev–Trinajstić information content (AvgIpc) is 2.72. The van der Waals surface area contributed by atoms with Crippen LogP contribution in [0.3, 0.4) is 0 Å². The molecule has 0 aliphatic carbocycles. The molecule has 0 atom stereocenters. The predicted octanol–water partition coefficient (Wildman–Crippen LogP) is 2.46. The van der Waals surface area contributed by atoms with Crippen LogP contribution in [0.5, 0.6) is 5.75 Å². The van der Waals surface area contributed by atoms with E-state index < -0.39 is 10.0 Å². The Kier molecular flexibility index (Phi) is 6.54. The van der Waals surface area contributed by atoms with Gasteiger partial charge >= 0.3 is 0 Å². The predicted molar refractivity (Wildman–Crippen MR) is 115 cm³/mol. The molecule has 2 aromatic carbocycles. The molecule has 3 rings (SSSR count). The van der Waals surface area contributed by atoms with E-state index in [1.807, 2.05) is 24.3 Å². The number of anilines is 2. The molecule has 0 N–H and O–H groups in total. The van der Waals surface area contributed by atoms with E-state index in [0.29, 0.717) is 31.9 Å². The number of para-hydroxylation sites is 3. The van der Waals surface area contributed by atoms with Gasteiger partial charge in [-0.1, -0.05) is 35.9 Å². The van der Waals surface area contributed by atoms with Crippen molar-refractivity contribution in [1.82, 2.24) is 4.90 Å². The molecule has 0 bridgehead atoms. The molecular formula is C20H24ClN3O4S. The number of piperazine rings is 1. The Balaban J connectivity index is 1.69. The van der Waals surface area contributed by atoms with Crippen LogP contribution in [0.25, 0.3) is 0 Å². The van der Waals surface area contributed by atoms with Crippen molar-refractivity contribution in [1.29, 1.82) is 0 Å². The van der Waals surface area contributed by atoms with Gasteiger partial charge in [0.1, 0.15) is 12.3 Å². The van der Waals surface area contributed by atoms with Crippen molar-refractivity contribution in [2.45, 2.75) is 0 Å². The first-order valence-electron chi connectivity index (χ1n) is 9.19. The summed E-state index contributed by atoms with van der Waals surface area (Å²) in [5.74, 6) is 0.532. The lowest BCUT2D eigenvalue weighted by molar-refractivity contribution is -0.129. The standard InChI is InChI=1S/C20H24ClN3O4S/c1-28-19-10-6-5-9-18(19)22-11-13-23(14-12-22)20(25)15-24(29(2,26)27)17-8-4-3-7-16(17)21/h3-10H,11-15H2,1-2H3. The molecule has 156 valence electrons. The average molecular weight is 438 g/mol. The zero-order valence-corrected chi connectivity index (χ0v) is 18.0. The number of amides is 1. The molecule has 1 aliphatic heterocycles. The molecule has 1 heterocycles. The van der Waals surface area contributed by atoms with Gasteiger partial charge in [0.2, 0.25) is 15.9 Å². The summed E-state index contributed by atoms with van der Waals surface area (Å²) >= 11 is 6.16. The van der Waals surface area contributed by atoms with Crippen molar-refractivity contribution >= 4 is 38.9 Å². The second-order valence-electron chi connectivity index (χ2n) is 6.76. The topological polar surface area (TPSA) is 70.2 Å². The van der Waals surface area contributed by atoms with Gasteiger partial charge in [-0.05, 0) is 24.3 Å². The minimum atomic E-state index is -3.66. The second-order valence-corrected chi connectivity index (χ2v) is 9.07. The van der Waals surface area contributed by atoms with E-state index in [1.165, 1.54) is 0 Å². The van der Waals surface area contributed by atoms with Gasteiger partial charge in [-0.3, -0.25) is 9.10 Å². The summed E-state index contributed by atoms with van der Waals surface area (Å²) in [4.78, 5) is 16.7. The third-order valence-corrected chi connectivity index (χ3v) is 6.30. The highest BCUT2D eigenvalue weighted by Crippen LogP contribution is 2.29. The third-order valence-electron chi connectivity index (χ3n) is 4.86. The summed E-state index contributed by atoms with van der Waals surface area (Å²) in [7, 11) is -2.03. The Hall–Kier alpha value is -2.45. The number of ether oxygens (including phenoxy) is 1. The third kappa shape index (κ3) is 4.94. The van der Waals surface area contributed by atoms with Gasteiger partial charge < -0.3 is 14.5 Å². The summed E-state index contributed by atoms with van der Waals surface area (Å²) in [6.45, 7) is 1.99. The molecule has 1 fully saturated rings. The van der Waals surface area contributed by atoms with Gasteiger partial charge in [0, 0.05) is 26.2 Å². The fourth-order valence-electron chi connectivity index (χ4n) is 3.35. The van der Waals surface area contributed by atoms with Gasteiger partial charge in [0.25, 0.3) is 0 Å². The monoisotopic (exact) mass is 437 g/mol. The van der Waals surface area contributed by atoms with Gasteiger partial charge in [-0.15, -0.1) is 0 Å². The molecular weight excluding hydrogens is 414 g/mol. The summed E-state index contributed by atoms with van der Waals surface area (Å²) in [6, 6.07) is 14.3. The number of hydrogen-bond donors (Lipinski definition) is 0. The number of benzene rings is 2. The Bertz CT molecular complexity index is 975. The number of methoxy groups -OCH3 is 1. The molecule has 1 amide bonds. The van der Waals surface area contributed by atoms with E-state index in [4.69, 9.17) is 16.3 Å². The molecule has 0 saturated carbocycles. The summed E-state index contributed by atoms with van der Waals surface area (Å²) < 4.78 is 31.0. The molecule has 1 aliphatic rings. The van der Waals surface area contributed by atoms with Crippen molar-refractivity contribution in [3.05, 3.63) is 53.6 Å². The van der Waals surface area contributed by atoms with E-state index in [2.05, 4.69) is 4.90 Å². The highest BCUT2D eigenvalue weighted by Gasteiger charge is 2.28. The van der Waals surface area contributed by atoms with E-state index >= 15 is 0 Å². The number of carbonyl (C=O) groups excluding carboxylic acids is 1. The number of halogens is 1. The SMILES string of the molecule is COc1ccccc1N1CCN(C(=O)CN(c2ccccc2Cl)S(C)(=O)=O)CC1. The minimum absolute atomic E-state index is 0.255. The summed E-state index contributed by atoms with van der Waals surface area (Å²) in [5, 5.41) is 0.284. The zero-order valence-electron chi connectivity index (χ0n) is 16.4. The van der Waals surface area contributed by atoms with Crippen molar-refractivity contribution < 1.29 is 17.9 Å². The second kappa shape index (κ2) is 8.92. The van der Waals surface area contributed by atoms with Crippen LogP contribution in [0.2, 0.25) is 5.02 Å². The Labute approximate surface area is 176 Å². The zero-order chi connectivity index (χ0) is 21.0. The molecule has 0 spiro atoms. The molecule has 7 nitrogen and oxygen atoms in total. The highest BCUT2D eigenvalue weighted by molar-refractivity contribution is 7.92. The van der Waals surface area contributed by atoms with Crippen molar-refractivity contribution in [2.24, 2.45) is 0 Å². The largest absolute Gasteiger partial charge is 0.495 e. The lowest BCUT2D eigenvalue weighted by atomic mass is 10.2. The maximum Gasteiger partial charge on any atom is 0.243 e. The van der Waals surface area contributed by atoms with Gasteiger partial charge in [0.05, 0.1) is 29.8 Å². The summed E-state index contributed by atoms with van der Waals surface area (Å²) in [6.07, 6.45) is 1.07. The number of carbonyl (C=O) groups is 1. The number of sulfonamides is 1. The van der Waals surface area contributed by atoms with Crippen LogP contribution in [0.4, 0.5) is 11.4 Å². The van der Waals surface area contributed by atoms with Crippen LogP contribution in [0, 0.1) is 0 Å². The first-order chi connectivity index (χ1) is 13.8. The van der Waals surface area contributed by atoms with E-state index in [9.17, 15) is 13.2 Å². The van der Waals surface area contributed by atoms with Crippen molar-refractivity contribution in [3.8, 4) is 5.75 Å². The van der Waals surface area contributed by atoms with Gasteiger partial charge in [0.15, 0.2) is 0 Å². The van der Waals surface area contributed by atoms with Crippen molar-refractivity contribution in [2.75, 3.05) is 55.3 Å². The van der Waals surface area contributed by atoms with Gasteiger partial charge in [-0.25, -0.2) is 8.42 Å². The maximum atomic E-state index is 12.8. The van der Waals surface area contributed by atoms with Crippen LogP contribution in [-0.4, -0.2) is 65.3 Å². The quantitative estimate of drug-likeness (QED) is 0.694. The van der Waals surface area contributed by atoms with Crippen LogP contribution < -0.4 is 13.9 Å². The molecule has 29 heavy (non-hydrogen) atoms. The number of rotatable bonds is 6. The Morgan fingerprint density at radius 1 is 1.07 bits per heavy atom. The first-order valence-corrected chi connectivity index (χ1v) is 11.4. The van der Waals surface area contributed by atoms with E-state index in [1.54, 1.807) is 36.3 Å². The fourth-order valence-corrected chi connectivity index (χ4v) is 4.50. The summed E-state index contributed by atoms with van der Waals surface area (Å²) in [5.41, 5.74) is 1.29. The molecule has 2 aromatic rings. The van der Waals surface area contributed by atoms with Crippen LogP contribution in [-0.2, 0) is 14.8 Å². The molecule has 0 aromatic heterocycles. The number of hydrogen-bond acceptors (Lipinski definition) is 5. The molecule has 1 saturated heterocycles. The van der Waals surface area contributed by atoms with Crippen LogP contribution in [0.15, 0.2) is 48.5 Å². The minimum Gasteiger partial charge on any atom is -0.495 e. The van der Waals surface area contributed by atoms with E-state index in [0.717, 1.165) is 22.0 Å². The van der Waals surface area contributed by atoms with Crippen LogP contribution >= 0.6 is 11.6 Å². The smallest absolute Gasteiger partial charge is 0.243 e. The maximum absolute atomic E-state index is 12.8. The fraction of sp³-hybridized carbons (Fsp3) is 0.350. The first kappa shape index (κ1) is 21.3. The lowest BCUT2D eigenvalue weighted by Crippen LogP contribution is -2.52. The highest BCUT2D eigenvalue weighted by atomic mass is 35.5. The normalized spacial score (nSPS) is 14.6. The van der Waals surface area contributed by atoms with Crippen LogP contribution in [0.1, 0.15) is 0 Å². The van der Waals surface area contributed by atoms with E-state index in [-0.39, 0.29) is 17.5 Å². The number of nitrogens with zero attached hydrogens (tertiary/aromatic N) is 3. The molecule has 0 radical (unpaired) electrons. The van der Waals surface area contributed by atoms with Gasteiger partial charge in [-0.2, -0.15) is 0 Å². The van der Waals surface area contributed by atoms with Crippen molar-refractivity contribution in [3.63, 3.8) is 0 Å². The lowest BCUT2D eigenvalue weighted by Gasteiger charge is -2.37. The molecule has 0 unspecified atom stereocenters. The molecule has 9 heteroatoms. The Morgan fingerprint density at radius 3 is 2.31 bits per heavy atom. The Morgan fingerprint density at radius 2 is 1.69 bits per heavy atom.